The molecule has 4 heteroatoms. The van der Waals surface area contributed by atoms with E-state index in [0.29, 0.717) is 5.92 Å². The quantitative estimate of drug-likeness (QED) is 0.753. The van der Waals surface area contributed by atoms with Crippen molar-refractivity contribution in [2.45, 2.75) is 76.9 Å². The molecule has 98 valence electrons. The first-order valence-electron chi connectivity index (χ1n) is 6.95. The zero-order valence-electron chi connectivity index (χ0n) is 11.7. The van der Waals surface area contributed by atoms with Crippen molar-refractivity contribution in [2.24, 2.45) is 11.7 Å². The van der Waals surface area contributed by atoms with E-state index in [-0.39, 0.29) is 24.3 Å². The van der Waals surface area contributed by atoms with Crippen LogP contribution in [0.25, 0.3) is 0 Å². The Kier molecular flexibility index (Phi) is 3.59. The summed E-state index contributed by atoms with van der Waals surface area (Å²) in [7, 11) is -0.233. The van der Waals surface area contributed by atoms with Crippen LogP contribution >= 0.6 is 0 Å². The van der Waals surface area contributed by atoms with Crippen molar-refractivity contribution < 1.29 is 9.31 Å². The summed E-state index contributed by atoms with van der Waals surface area (Å²) in [6.45, 7) is 8.34. The Hall–Kier alpha value is -0.0551. The first-order chi connectivity index (χ1) is 7.83. The average Bonchev–Trinajstić information content (AvgIpc) is 2.48. The fraction of sp³-hybridized carbons (Fsp3) is 1.00. The van der Waals surface area contributed by atoms with Gasteiger partial charge in [0.1, 0.15) is 0 Å². The Balaban J connectivity index is 1.99. The summed E-state index contributed by atoms with van der Waals surface area (Å²) in [5.41, 5.74) is 5.83. The predicted molar refractivity (Wildman–Crippen MR) is 70.6 cm³/mol. The van der Waals surface area contributed by atoms with Crippen molar-refractivity contribution in [3.63, 3.8) is 0 Å². The second-order valence-electron chi connectivity index (χ2n) is 6.60. The monoisotopic (exact) mass is 239 g/mol. The molecule has 3 nitrogen and oxygen atoms in total. The maximum Gasteiger partial charge on any atom is 0.476 e. The van der Waals surface area contributed by atoms with E-state index in [1.165, 1.54) is 32.1 Å². The average molecular weight is 239 g/mol. The maximum atomic E-state index is 6.35. The topological polar surface area (TPSA) is 44.5 Å². The lowest BCUT2D eigenvalue weighted by Gasteiger charge is -2.32. The Morgan fingerprint density at radius 3 is 1.94 bits per heavy atom. The lowest BCUT2D eigenvalue weighted by atomic mass is 9.67. The summed E-state index contributed by atoms with van der Waals surface area (Å²) in [4.78, 5) is 0. The largest absolute Gasteiger partial charge is 0.476 e. The van der Waals surface area contributed by atoms with Crippen molar-refractivity contribution in [3.05, 3.63) is 0 Å². The lowest BCUT2D eigenvalue weighted by Crippen LogP contribution is -2.47. The van der Waals surface area contributed by atoms with Crippen LogP contribution in [0.1, 0.15) is 59.8 Å². The van der Waals surface area contributed by atoms with Gasteiger partial charge in [-0.05, 0) is 46.5 Å². The molecule has 2 N–H and O–H groups in total. The molecule has 0 spiro atoms. The van der Waals surface area contributed by atoms with E-state index in [1.54, 1.807) is 0 Å². The molecule has 17 heavy (non-hydrogen) atoms. The van der Waals surface area contributed by atoms with Crippen molar-refractivity contribution in [1.29, 1.82) is 0 Å². The zero-order chi connectivity index (χ0) is 12.7. The van der Waals surface area contributed by atoms with Crippen molar-refractivity contribution >= 4 is 7.12 Å². The Morgan fingerprint density at radius 1 is 1.00 bits per heavy atom. The van der Waals surface area contributed by atoms with Gasteiger partial charge >= 0.3 is 7.12 Å². The van der Waals surface area contributed by atoms with Crippen molar-refractivity contribution in [2.75, 3.05) is 0 Å². The van der Waals surface area contributed by atoms with Crippen molar-refractivity contribution in [1.82, 2.24) is 0 Å². The molecule has 2 aliphatic rings. The third-order valence-corrected chi connectivity index (χ3v) is 4.78. The third-order valence-electron chi connectivity index (χ3n) is 4.78. The molecule has 0 unspecified atom stereocenters. The second-order valence-corrected chi connectivity index (χ2v) is 6.60. The molecule has 0 radical (unpaired) electrons. The molecule has 1 atom stereocenters. The summed E-state index contributed by atoms with van der Waals surface area (Å²) in [6.07, 6.45) is 6.42. The number of rotatable bonds is 2. The van der Waals surface area contributed by atoms with E-state index >= 15 is 0 Å². The zero-order valence-corrected chi connectivity index (χ0v) is 11.7. The van der Waals surface area contributed by atoms with E-state index in [1.807, 2.05) is 0 Å². The smallest absolute Gasteiger partial charge is 0.402 e. The summed E-state index contributed by atoms with van der Waals surface area (Å²) >= 11 is 0. The predicted octanol–water partition coefficient (Wildman–Crippen LogP) is 2.53. The highest BCUT2D eigenvalue weighted by atomic mass is 16.7. The van der Waals surface area contributed by atoms with E-state index in [2.05, 4.69) is 27.7 Å². The minimum atomic E-state index is -0.260. The van der Waals surface area contributed by atoms with Gasteiger partial charge in [-0.15, -0.1) is 0 Å². The minimum absolute atomic E-state index is 0.0244. The minimum Gasteiger partial charge on any atom is -0.402 e. The van der Waals surface area contributed by atoms with Crippen LogP contribution < -0.4 is 5.73 Å². The summed E-state index contributed by atoms with van der Waals surface area (Å²) < 4.78 is 12.1. The molecule has 1 saturated heterocycles. The van der Waals surface area contributed by atoms with Gasteiger partial charge in [0.25, 0.3) is 0 Å². The molecule has 0 aromatic heterocycles. The van der Waals surface area contributed by atoms with Crippen LogP contribution in [-0.2, 0) is 9.31 Å². The van der Waals surface area contributed by atoms with E-state index in [4.69, 9.17) is 15.0 Å². The standard InChI is InChI=1S/C13H26BNO2/c1-12(2)13(3,4)17-14(16-12)11(15)10-8-6-5-7-9-10/h10-11H,5-9,15H2,1-4H3/t11-/m1/s1. The highest BCUT2D eigenvalue weighted by molar-refractivity contribution is 6.47. The normalized spacial score (nSPS) is 30.5. The van der Waals surface area contributed by atoms with Gasteiger partial charge in [0, 0.05) is 5.94 Å². The SMILES string of the molecule is CC1(C)OB([C@H](N)C2CCCCC2)OC1(C)C. The molecule has 0 bridgehead atoms. The summed E-state index contributed by atoms with van der Waals surface area (Å²) in [5, 5.41) is 0. The Labute approximate surface area is 106 Å². The first-order valence-corrected chi connectivity index (χ1v) is 6.95. The van der Waals surface area contributed by atoms with Gasteiger partial charge in [0.05, 0.1) is 11.2 Å². The Bertz CT molecular complexity index is 259. The van der Waals surface area contributed by atoms with Gasteiger partial charge in [-0.2, -0.15) is 0 Å². The molecule has 1 aliphatic heterocycles. The maximum absolute atomic E-state index is 6.35. The van der Waals surface area contributed by atoms with Gasteiger partial charge in [0.2, 0.25) is 0 Å². The fourth-order valence-electron chi connectivity index (χ4n) is 2.79. The molecule has 1 saturated carbocycles. The van der Waals surface area contributed by atoms with Crippen LogP contribution in [0.4, 0.5) is 0 Å². The van der Waals surface area contributed by atoms with Gasteiger partial charge in [-0.1, -0.05) is 19.3 Å². The lowest BCUT2D eigenvalue weighted by molar-refractivity contribution is 0.00578. The van der Waals surface area contributed by atoms with Crippen LogP contribution in [0.15, 0.2) is 0 Å². The molecule has 1 heterocycles. The van der Waals surface area contributed by atoms with E-state index < -0.39 is 0 Å². The molecule has 0 aromatic carbocycles. The number of hydrogen-bond acceptors (Lipinski definition) is 3. The second kappa shape index (κ2) is 4.56. The van der Waals surface area contributed by atoms with Crippen LogP contribution in [-0.4, -0.2) is 24.3 Å². The molecular weight excluding hydrogens is 213 g/mol. The highest BCUT2D eigenvalue weighted by Gasteiger charge is 2.54. The molecule has 2 fully saturated rings. The third kappa shape index (κ3) is 2.54. The molecule has 0 amide bonds. The van der Waals surface area contributed by atoms with Crippen molar-refractivity contribution in [3.8, 4) is 0 Å². The van der Waals surface area contributed by atoms with Gasteiger partial charge in [-0.3, -0.25) is 0 Å². The summed E-state index contributed by atoms with van der Waals surface area (Å²) in [5.74, 6) is 0.592. The fourth-order valence-corrected chi connectivity index (χ4v) is 2.79. The van der Waals surface area contributed by atoms with E-state index in [9.17, 15) is 0 Å². The Morgan fingerprint density at radius 2 is 1.47 bits per heavy atom. The highest BCUT2D eigenvalue weighted by Crippen LogP contribution is 2.39. The van der Waals surface area contributed by atoms with Gasteiger partial charge in [-0.25, -0.2) is 0 Å². The van der Waals surface area contributed by atoms with Crippen LogP contribution in [0.2, 0.25) is 0 Å². The van der Waals surface area contributed by atoms with Crippen LogP contribution in [0.3, 0.4) is 0 Å². The number of hydrogen-bond donors (Lipinski definition) is 1. The molecular formula is C13H26BNO2. The van der Waals surface area contributed by atoms with Gasteiger partial charge < -0.3 is 15.0 Å². The van der Waals surface area contributed by atoms with E-state index in [0.717, 1.165) is 0 Å². The van der Waals surface area contributed by atoms with Crippen LogP contribution in [0, 0.1) is 5.92 Å². The summed E-state index contributed by atoms with van der Waals surface area (Å²) in [6, 6.07) is 0. The molecule has 0 aromatic rings. The van der Waals surface area contributed by atoms with Gasteiger partial charge in [0.15, 0.2) is 0 Å². The number of nitrogens with two attached hydrogens (primary N) is 1. The molecule has 1 aliphatic carbocycles. The first kappa shape index (κ1) is 13.4. The van der Waals surface area contributed by atoms with Crippen LogP contribution in [0.5, 0.6) is 0 Å². The molecule has 2 rings (SSSR count).